The van der Waals surface area contributed by atoms with Crippen molar-refractivity contribution in [3.63, 3.8) is 0 Å². The van der Waals surface area contributed by atoms with Crippen LogP contribution in [0.25, 0.3) is 11.5 Å². The molecular weight excluding hydrogens is 411 g/mol. The number of aromatic nitrogens is 6. The van der Waals surface area contributed by atoms with Gasteiger partial charge >= 0.3 is 6.18 Å². The van der Waals surface area contributed by atoms with Gasteiger partial charge in [0.15, 0.2) is 5.82 Å². The number of fused-ring (bicyclic) bond motifs is 1. The zero-order chi connectivity index (χ0) is 22.2. The molecule has 0 unspecified atom stereocenters. The molecule has 11 heteroatoms. The highest BCUT2D eigenvalue weighted by atomic mass is 19.4. The first-order chi connectivity index (χ1) is 14.7. The van der Waals surface area contributed by atoms with Crippen LogP contribution in [-0.4, -0.2) is 35.3 Å². The molecule has 0 bridgehead atoms. The van der Waals surface area contributed by atoms with Gasteiger partial charge in [-0.25, -0.2) is 14.2 Å². The fraction of sp³-hybridized carbons (Fsp3) is 0.250. The number of rotatable bonds is 5. The van der Waals surface area contributed by atoms with Crippen LogP contribution in [-0.2, 0) is 17.4 Å². The van der Waals surface area contributed by atoms with Gasteiger partial charge in [-0.2, -0.15) is 23.3 Å². The van der Waals surface area contributed by atoms with E-state index in [2.05, 4.69) is 25.5 Å². The fourth-order valence-corrected chi connectivity index (χ4v) is 3.25. The summed E-state index contributed by atoms with van der Waals surface area (Å²) < 4.78 is 41.4. The van der Waals surface area contributed by atoms with Crippen LogP contribution < -0.4 is 5.32 Å². The lowest BCUT2D eigenvalue weighted by atomic mass is 10.1. The second-order valence-corrected chi connectivity index (χ2v) is 6.94. The number of aryl methyl sites for hydroxylation is 2. The summed E-state index contributed by atoms with van der Waals surface area (Å²) in [4.78, 5) is 20.0. The highest BCUT2D eigenvalue weighted by molar-refractivity contribution is 5.89. The fourth-order valence-electron chi connectivity index (χ4n) is 3.25. The third-order valence-electron chi connectivity index (χ3n) is 4.78. The maximum Gasteiger partial charge on any atom is 0.453 e. The second-order valence-electron chi connectivity index (χ2n) is 6.94. The van der Waals surface area contributed by atoms with Crippen molar-refractivity contribution in [1.82, 2.24) is 29.4 Å². The second kappa shape index (κ2) is 7.82. The smallest absolute Gasteiger partial charge is 0.309 e. The predicted octanol–water partition coefficient (Wildman–Crippen LogP) is 3.52. The summed E-state index contributed by atoms with van der Waals surface area (Å²) in [6, 6.07) is 11.1. The van der Waals surface area contributed by atoms with Crippen LogP contribution >= 0.6 is 0 Å². The van der Waals surface area contributed by atoms with E-state index in [4.69, 9.17) is 0 Å². The maximum atomic E-state index is 12.9. The summed E-state index contributed by atoms with van der Waals surface area (Å²) in [5.74, 6) is -1.23. The van der Waals surface area contributed by atoms with Crippen LogP contribution in [0, 0.1) is 13.8 Å². The van der Waals surface area contributed by atoms with Gasteiger partial charge in [0.05, 0.1) is 5.69 Å². The van der Waals surface area contributed by atoms with Gasteiger partial charge in [-0.05, 0) is 38.0 Å². The summed E-state index contributed by atoms with van der Waals surface area (Å²) in [5.41, 5.74) is 2.48. The molecule has 1 aromatic carbocycles. The molecule has 0 fully saturated rings. The van der Waals surface area contributed by atoms with E-state index >= 15 is 0 Å². The first-order valence-corrected chi connectivity index (χ1v) is 9.43. The number of benzene rings is 1. The molecule has 3 heterocycles. The van der Waals surface area contributed by atoms with E-state index in [1.54, 1.807) is 30.8 Å². The maximum absolute atomic E-state index is 12.9. The standard InChI is InChI=1S/C20H18F3N7O/c1-12-15(13(2)30-19(24-12)26-18(28-30)20(21,22)23)8-9-17(31)25-16-10-11-29(27-16)14-6-4-3-5-7-14/h3-7,10-11H,8-9H2,1-2H3,(H,25,27,31). The Hall–Kier alpha value is -3.76. The zero-order valence-corrected chi connectivity index (χ0v) is 16.7. The van der Waals surface area contributed by atoms with Crippen LogP contribution in [0.2, 0.25) is 0 Å². The first-order valence-electron chi connectivity index (χ1n) is 9.43. The van der Waals surface area contributed by atoms with E-state index in [-0.39, 0.29) is 24.5 Å². The molecule has 160 valence electrons. The SMILES string of the molecule is Cc1nc2nc(C(F)(F)F)nn2c(C)c1CCC(=O)Nc1ccn(-c2ccccc2)n1. The zero-order valence-electron chi connectivity index (χ0n) is 16.7. The number of para-hydroxylation sites is 1. The van der Waals surface area contributed by atoms with Gasteiger partial charge in [-0.15, -0.1) is 5.10 Å². The van der Waals surface area contributed by atoms with Gasteiger partial charge in [0, 0.05) is 30.1 Å². The Morgan fingerprint density at radius 3 is 2.52 bits per heavy atom. The molecular formula is C20H18F3N7O. The number of halogens is 3. The molecule has 1 N–H and O–H groups in total. The van der Waals surface area contributed by atoms with E-state index in [1.807, 2.05) is 30.3 Å². The number of carbonyl (C=O) groups excluding carboxylic acids is 1. The molecule has 4 rings (SSSR count). The van der Waals surface area contributed by atoms with Crippen molar-refractivity contribution in [2.24, 2.45) is 0 Å². The first kappa shape index (κ1) is 20.5. The summed E-state index contributed by atoms with van der Waals surface area (Å²) >= 11 is 0. The van der Waals surface area contributed by atoms with Crippen LogP contribution in [0.3, 0.4) is 0 Å². The van der Waals surface area contributed by atoms with Crippen LogP contribution in [0.15, 0.2) is 42.6 Å². The lowest BCUT2D eigenvalue weighted by Gasteiger charge is -2.10. The highest BCUT2D eigenvalue weighted by Crippen LogP contribution is 2.27. The van der Waals surface area contributed by atoms with Crippen molar-refractivity contribution in [3.8, 4) is 5.69 Å². The molecule has 0 aliphatic rings. The van der Waals surface area contributed by atoms with E-state index < -0.39 is 12.0 Å². The van der Waals surface area contributed by atoms with Gasteiger partial charge in [0.2, 0.25) is 5.91 Å². The Balaban J connectivity index is 1.46. The molecule has 0 saturated carbocycles. The lowest BCUT2D eigenvalue weighted by Crippen LogP contribution is -2.15. The van der Waals surface area contributed by atoms with Gasteiger partial charge in [0.1, 0.15) is 0 Å². The number of hydrogen-bond acceptors (Lipinski definition) is 5. The molecule has 31 heavy (non-hydrogen) atoms. The summed E-state index contributed by atoms with van der Waals surface area (Å²) in [6.07, 6.45) is -2.53. The van der Waals surface area contributed by atoms with Crippen molar-refractivity contribution in [3.05, 3.63) is 65.4 Å². The Bertz CT molecular complexity index is 1250. The molecule has 0 aliphatic heterocycles. The average Bonchev–Trinajstić information content (AvgIpc) is 3.35. The van der Waals surface area contributed by atoms with Crippen LogP contribution in [0.1, 0.15) is 29.2 Å². The minimum absolute atomic E-state index is 0.105. The van der Waals surface area contributed by atoms with Gasteiger partial charge in [-0.1, -0.05) is 18.2 Å². The third-order valence-corrected chi connectivity index (χ3v) is 4.78. The minimum Gasteiger partial charge on any atom is -0.309 e. The van der Waals surface area contributed by atoms with E-state index in [0.29, 0.717) is 22.8 Å². The van der Waals surface area contributed by atoms with Crippen molar-refractivity contribution in [2.75, 3.05) is 5.32 Å². The number of nitrogens with one attached hydrogen (secondary N) is 1. The van der Waals surface area contributed by atoms with E-state index in [0.717, 1.165) is 10.2 Å². The Morgan fingerprint density at radius 1 is 1.06 bits per heavy atom. The Kier molecular flexibility index (Phi) is 5.17. The quantitative estimate of drug-likeness (QED) is 0.524. The largest absolute Gasteiger partial charge is 0.453 e. The number of amides is 1. The molecule has 0 atom stereocenters. The molecule has 0 radical (unpaired) electrons. The number of alkyl halides is 3. The van der Waals surface area contributed by atoms with E-state index in [9.17, 15) is 18.0 Å². The highest BCUT2D eigenvalue weighted by Gasteiger charge is 2.36. The van der Waals surface area contributed by atoms with Crippen LogP contribution in [0.4, 0.5) is 19.0 Å². The van der Waals surface area contributed by atoms with Crippen molar-refractivity contribution < 1.29 is 18.0 Å². The number of nitrogens with zero attached hydrogens (tertiary/aromatic N) is 6. The van der Waals surface area contributed by atoms with Crippen LogP contribution in [0.5, 0.6) is 0 Å². The van der Waals surface area contributed by atoms with Gasteiger partial charge in [0.25, 0.3) is 11.6 Å². The third kappa shape index (κ3) is 4.25. The van der Waals surface area contributed by atoms with E-state index in [1.165, 1.54) is 0 Å². The molecule has 0 saturated heterocycles. The molecule has 4 aromatic rings. The summed E-state index contributed by atoms with van der Waals surface area (Å²) in [6.45, 7) is 3.30. The lowest BCUT2D eigenvalue weighted by molar-refractivity contribution is -0.144. The average molecular weight is 429 g/mol. The Morgan fingerprint density at radius 2 is 1.81 bits per heavy atom. The normalized spacial score (nSPS) is 11.8. The van der Waals surface area contributed by atoms with Crippen molar-refractivity contribution >= 4 is 17.5 Å². The van der Waals surface area contributed by atoms with Crippen molar-refractivity contribution in [2.45, 2.75) is 32.9 Å². The number of hydrogen-bond donors (Lipinski definition) is 1. The molecule has 3 aromatic heterocycles. The molecule has 0 aliphatic carbocycles. The van der Waals surface area contributed by atoms with Gasteiger partial charge in [-0.3, -0.25) is 4.79 Å². The molecule has 1 amide bonds. The predicted molar refractivity (Wildman–Crippen MR) is 106 cm³/mol. The van der Waals surface area contributed by atoms with Crippen molar-refractivity contribution in [1.29, 1.82) is 0 Å². The summed E-state index contributed by atoms with van der Waals surface area (Å²) in [7, 11) is 0. The molecule has 0 spiro atoms. The monoisotopic (exact) mass is 429 g/mol. The summed E-state index contributed by atoms with van der Waals surface area (Å²) in [5, 5.41) is 10.6. The Labute approximate surface area is 174 Å². The number of anilines is 1. The van der Waals surface area contributed by atoms with Gasteiger partial charge < -0.3 is 5.32 Å². The minimum atomic E-state index is -4.66. The molecule has 8 nitrogen and oxygen atoms in total. The topological polar surface area (TPSA) is 90.0 Å². The number of carbonyl (C=O) groups is 1.